The summed E-state index contributed by atoms with van der Waals surface area (Å²) in [6.07, 6.45) is 7.50. The lowest BCUT2D eigenvalue weighted by atomic mass is 10.1. The third-order valence-corrected chi connectivity index (χ3v) is 5.39. The van der Waals surface area contributed by atoms with Crippen molar-refractivity contribution in [3.8, 4) is 0 Å². The summed E-state index contributed by atoms with van der Waals surface area (Å²) in [6, 6.07) is 0.250. The summed E-state index contributed by atoms with van der Waals surface area (Å²) in [5.74, 6) is 0.669. The molecule has 0 bridgehead atoms. The fraction of sp³-hybridized carbons (Fsp3) is 0.647. The highest BCUT2D eigenvalue weighted by atomic mass is 16.2. The monoisotopic (exact) mass is 343 g/mol. The number of H-pyrrole nitrogens is 1. The zero-order valence-electron chi connectivity index (χ0n) is 14.8. The molecule has 0 spiro atoms. The van der Waals surface area contributed by atoms with Gasteiger partial charge in [-0.25, -0.2) is 0 Å². The number of hydrogen-bond acceptors (Lipinski definition) is 5. The fourth-order valence-corrected chi connectivity index (χ4v) is 3.97. The van der Waals surface area contributed by atoms with Crippen LogP contribution in [0.4, 0.5) is 0 Å². The number of aromatic amines is 1. The van der Waals surface area contributed by atoms with Crippen molar-refractivity contribution in [2.75, 3.05) is 13.6 Å². The Labute approximate surface area is 147 Å². The number of rotatable bonds is 4. The van der Waals surface area contributed by atoms with Crippen LogP contribution < -0.4 is 5.32 Å². The molecule has 1 atom stereocenters. The normalized spacial score (nSPS) is 19.8. The lowest BCUT2D eigenvalue weighted by Crippen LogP contribution is -2.32. The van der Waals surface area contributed by atoms with E-state index in [-0.39, 0.29) is 11.9 Å². The Morgan fingerprint density at radius 1 is 1.40 bits per heavy atom. The maximum atomic E-state index is 12.8. The summed E-state index contributed by atoms with van der Waals surface area (Å²) in [5.41, 5.74) is 2.58. The average molecular weight is 343 g/mol. The van der Waals surface area contributed by atoms with Crippen LogP contribution in [0.25, 0.3) is 0 Å². The number of nitrogens with one attached hydrogen (secondary N) is 2. The molecule has 2 aliphatic rings. The van der Waals surface area contributed by atoms with Gasteiger partial charge in [0.15, 0.2) is 11.5 Å². The Morgan fingerprint density at radius 3 is 3.00 bits per heavy atom. The molecule has 3 heterocycles. The summed E-state index contributed by atoms with van der Waals surface area (Å²) in [4.78, 5) is 15.0. The van der Waals surface area contributed by atoms with Gasteiger partial charge in [0.05, 0.1) is 6.04 Å². The largest absolute Gasteiger partial charge is 0.341 e. The van der Waals surface area contributed by atoms with Gasteiger partial charge in [-0.3, -0.25) is 9.89 Å². The quantitative estimate of drug-likeness (QED) is 0.880. The van der Waals surface area contributed by atoms with Crippen molar-refractivity contribution in [3.63, 3.8) is 0 Å². The maximum absolute atomic E-state index is 12.8. The number of hydrogen-bond donors (Lipinski definition) is 2. The minimum atomic E-state index is -0.204. The van der Waals surface area contributed by atoms with Gasteiger partial charge in [0.25, 0.3) is 5.91 Å². The summed E-state index contributed by atoms with van der Waals surface area (Å²) in [5, 5.41) is 18.7. The number of amides is 1. The second kappa shape index (κ2) is 6.59. The molecule has 0 unspecified atom stereocenters. The van der Waals surface area contributed by atoms with Gasteiger partial charge < -0.3 is 14.8 Å². The molecule has 0 radical (unpaired) electrons. The van der Waals surface area contributed by atoms with Gasteiger partial charge in [0.1, 0.15) is 6.33 Å². The Morgan fingerprint density at radius 2 is 2.20 bits per heavy atom. The van der Waals surface area contributed by atoms with E-state index in [0.29, 0.717) is 11.7 Å². The highest BCUT2D eigenvalue weighted by Gasteiger charge is 2.27. The fourth-order valence-electron chi connectivity index (χ4n) is 3.97. The predicted octanol–water partition coefficient (Wildman–Crippen LogP) is 1.60. The molecule has 8 nitrogen and oxygen atoms in total. The molecule has 2 aromatic heterocycles. The van der Waals surface area contributed by atoms with E-state index in [1.807, 2.05) is 6.92 Å². The molecular weight excluding hydrogens is 318 g/mol. The Hall–Kier alpha value is -2.22. The third kappa shape index (κ3) is 3.06. The lowest BCUT2D eigenvalue weighted by molar-refractivity contribution is 0.0930. The van der Waals surface area contributed by atoms with Crippen LogP contribution in [-0.2, 0) is 13.0 Å². The average Bonchev–Trinajstić information content (AvgIpc) is 3.33. The van der Waals surface area contributed by atoms with Gasteiger partial charge >= 0.3 is 0 Å². The molecule has 134 valence electrons. The molecule has 4 rings (SSSR count). The first-order valence-electron chi connectivity index (χ1n) is 9.08. The number of fused-ring (bicyclic) bond motifs is 1. The molecule has 0 saturated heterocycles. The van der Waals surface area contributed by atoms with Crippen molar-refractivity contribution in [1.29, 1.82) is 0 Å². The topological polar surface area (TPSA) is 91.7 Å². The van der Waals surface area contributed by atoms with E-state index in [4.69, 9.17) is 0 Å². The van der Waals surface area contributed by atoms with Crippen LogP contribution >= 0.6 is 0 Å². The summed E-state index contributed by atoms with van der Waals surface area (Å²) in [6.45, 7) is 3.69. The first-order chi connectivity index (χ1) is 12.1. The van der Waals surface area contributed by atoms with E-state index in [1.165, 1.54) is 12.8 Å². The maximum Gasteiger partial charge on any atom is 0.272 e. The molecule has 25 heavy (non-hydrogen) atoms. The number of likely N-dealkylation sites (N-methyl/N-ethyl adjacent to an activating group) is 1. The SMILES string of the molecule is C[C@@H](NC(=O)c1n[nH]c2c1CN(C)CC2)c1nncn1C1CCCC1. The molecule has 1 saturated carbocycles. The van der Waals surface area contributed by atoms with Gasteiger partial charge in [-0.1, -0.05) is 12.8 Å². The van der Waals surface area contributed by atoms with Crippen molar-refractivity contribution in [3.05, 3.63) is 29.1 Å². The van der Waals surface area contributed by atoms with Crippen LogP contribution in [0.5, 0.6) is 0 Å². The Kier molecular flexibility index (Phi) is 4.29. The van der Waals surface area contributed by atoms with Crippen molar-refractivity contribution in [2.45, 2.75) is 57.7 Å². The van der Waals surface area contributed by atoms with Crippen LogP contribution in [0.15, 0.2) is 6.33 Å². The van der Waals surface area contributed by atoms with Crippen LogP contribution in [0.2, 0.25) is 0 Å². The first kappa shape index (κ1) is 16.3. The Balaban J connectivity index is 1.50. The predicted molar refractivity (Wildman–Crippen MR) is 92.0 cm³/mol. The van der Waals surface area contributed by atoms with E-state index in [0.717, 1.165) is 49.4 Å². The molecule has 1 aliphatic carbocycles. The standard InChI is InChI=1S/C17H25N7O/c1-11(16-22-18-10-24(16)12-5-3-4-6-12)19-17(25)15-13-9-23(2)8-7-14(13)20-21-15/h10-12H,3-9H2,1-2H3,(H,19,25)(H,20,21)/t11-/m1/s1. The molecule has 2 N–H and O–H groups in total. The zero-order valence-corrected chi connectivity index (χ0v) is 14.8. The number of aromatic nitrogens is 5. The van der Waals surface area contributed by atoms with Gasteiger partial charge in [0.2, 0.25) is 0 Å². The number of carbonyl (C=O) groups excluding carboxylic acids is 1. The second-order valence-electron chi connectivity index (χ2n) is 7.25. The lowest BCUT2D eigenvalue weighted by Gasteiger charge is -2.22. The highest BCUT2D eigenvalue weighted by molar-refractivity contribution is 5.94. The zero-order chi connectivity index (χ0) is 17.4. The van der Waals surface area contributed by atoms with Crippen LogP contribution in [0.1, 0.15) is 72.3 Å². The van der Waals surface area contributed by atoms with Crippen LogP contribution in [0.3, 0.4) is 0 Å². The number of carbonyl (C=O) groups is 1. The molecular formula is C17H25N7O. The minimum absolute atomic E-state index is 0.152. The molecule has 1 amide bonds. The minimum Gasteiger partial charge on any atom is -0.341 e. The highest BCUT2D eigenvalue weighted by Crippen LogP contribution is 2.31. The summed E-state index contributed by atoms with van der Waals surface area (Å²) < 4.78 is 2.13. The van der Waals surface area contributed by atoms with Crippen LogP contribution in [0, 0.1) is 0 Å². The van der Waals surface area contributed by atoms with Crippen molar-refractivity contribution in [1.82, 2.24) is 35.2 Å². The number of nitrogens with zero attached hydrogens (tertiary/aromatic N) is 5. The van der Waals surface area contributed by atoms with E-state index in [2.05, 4.69) is 42.2 Å². The molecule has 1 fully saturated rings. The van der Waals surface area contributed by atoms with E-state index < -0.39 is 0 Å². The van der Waals surface area contributed by atoms with E-state index in [1.54, 1.807) is 6.33 Å². The molecule has 0 aromatic carbocycles. The van der Waals surface area contributed by atoms with Crippen molar-refractivity contribution in [2.24, 2.45) is 0 Å². The summed E-state index contributed by atoms with van der Waals surface area (Å²) in [7, 11) is 2.06. The molecule has 2 aromatic rings. The van der Waals surface area contributed by atoms with Crippen LogP contribution in [-0.4, -0.2) is 49.4 Å². The summed E-state index contributed by atoms with van der Waals surface area (Å²) >= 11 is 0. The first-order valence-corrected chi connectivity index (χ1v) is 9.08. The third-order valence-electron chi connectivity index (χ3n) is 5.39. The smallest absolute Gasteiger partial charge is 0.272 e. The van der Waals surface area contributed by atoms with Crippen molar-refractivity contribution < 1.29 is 4.79 Å². The molecule has 8 heteroatoms. The second-order valence-corrected chi connectivity index (χ2v) is 7.25. The molecule has 1 aliphatic heterocycles. The van der Waals surface area contributed by atoms with E-state index >= 15 is 0 Å². The Bertz CT molecular complexity index is 759. The van der Waals surface area contributed by atoms with Crippen molar-refractivity contribution >= 4 is 5.91 Å². The van der Waals surface area contributed by atoms with Gasteiger partial charge in [-0.15, -0.1) is 10.2 Å². The van der Waals surface area contributed by atoms with E-state index in [9.17, 15) is 4.79 Å². The van der Waals surface area contributed by atoms with Gasteiger partial charge in [-0.05, 0) is 26.8 Å². The van der Waals surface area contributed by atoms with Gasteiger partial charge in [-0.2, -0.15) is 5.10 Å². The van der Waals surface area contributed by atoms with Gasteiger partial charge in [0, 0.05) is 36.8 Å².